The first-order valence-corrected chi connectivity index (χ1v) is 8.44. The van der Waals surface area contributed by atoms with E-state index in [4.69, 9.17) is 7.85 Å². The van der Waals surface area contributed by atoms with Gasteiger partial charge in [0.25, 0.3) is 0 Å². The van der Waals surface area contributed by atoms with E-state index in [0.29, 0.717) is 0 Å². The van der Waals surface area contributed by atoms with Gasteiger partial charge in [-0.05, 0) is 43.8 Å². The molecule has 0 aromatic heterocycles. The molecule has 0 amide bonds. The largest absolute Gasteiger partial charge is 0.0803 e. The van der Waals surface area contributed by atoms with Gasteiger partial charge in [0.2, 0.25) is 0 Å². The van der Waals surface area contributed by atoms with Gasteiger partial charge < -0.3 is 0 Å². The molecule has 1 heteroatoms. The van der Waals surface area contributed by atoms with E-state index in [2.05, 4.69) is 88.3 Å². The summed E-state index contributed by atoms with van der Waals surface area (Å²) in [5, 5.41) is -0.343. The third-order valence-electron chi connectivity index (χ3n) is 4.26. The van der Waals surface area contributed by atoms with Crippen LogP contribution >= 0.6 is 0 Å². The summed E-state index contributed by atoms with van der Waals surface area (Å²) in [4.78, 5) is 0. The van der Waals surface area contributed by atoms with Crippen molar-refractivity contribution in [1.82, 2.24) is 0 Å². The third kappa shape index (κ3) is 4.18. The van der Waals surface area contributed by atoms with Crippen LogP contribution < -0.4 is 0 Å². The Balaban J connectivity index is 3.96. The zero-order valence-electron chi connectivity index (χ0n) is 16.7. The number of hydrogen-bond acceptors (Lipinski definition) is 0. The fraction of sp³-hybridized carbons (Fsp3) is 0.714. The summed E-state index contributed by atoms with van der Waals surface area (Å²) in [5.41, 5.74) is 5.81. The van der Waals surface area contributed by atoms with Crippen molar-refractivity contribution in [3.63, 3.8) is 0 Å². The van der Waals surface area contributed by atoms with Crippen LogP contribution in [0.2, 0.25) is 0 Å². The summed E-state index contributed by atoms with van der Waals surface area (Å²) < 4.78 is 0. The molecule has 0 saturated heterocycles. The van der Waals surface area contributed by atoms with E-state index >= 15 is 0 Å². The summed E-state index contributed by atoms with van der Waals surface area (Å²) in [7, 11) is 6.58. The van der Waals surface area contributed by atoms with Crippen molar-refractivity contribution < 1.29 is 0 Å². The summed E-state index contributed by atoms with van der Waals surface area (Å²) in [6, 6.07) is 4.76. The molecule has 0 spiro atoms. The molecule has 0 heterocycles. The Morgan fingerprint density at radius 3 is 1.27 bits per heavy atom. The first kappa shape index (κ1) is 19.3. The molecule has 0 unspecified atom stereocenters. The highest BCUT2D eigenvalue weighted by Crippen LogP contribution is 2.42. The van der Waals surface area contributed by atoms with Gasteiger partial charge in [-0.15, -0.1) is 0 Å². The Hall–Kier alpha value is -0.715. The zero-order valence-corrected chi connectivity index (χ0v) is 16.7. The lowest BCUT2D eigenvalue weighted by atomic mass is 9.60. The van der Waals surface area contributed by atoms with Gasteiger partial charge in [-0.25, -0.2) is 0 Å². The van der Waals surface area contributed by atoms with Crippen molar-refractivity contribution in [3.8, 4) is 0 Å². The van der Waals surface area contributed by atoms with Crippen LogP contribution in [-0.2, 0) is 21.6 Å². The monoisotopic (exact) mass is 298 g/mol. The molecule has 0 N–H and O–H groups in total. The van der Waals surface area contributed by atoms with Crippen molar-refractivity contribution in [1.29, 1.82) is 0 Å². The highest BCUT2D eigenvalue weighted by atomic mass is 14.4. The Morgan fingerprint density at radius 2 is 1.00 bits per heavy atom. The first-order valence-electron chi connectivity index (χ1n) is 8.44. The summed E-state index contributed by atoms with van der Waals surface area (Å²) in [6.07, 6.45) is 0. The quantitative estimate of drug-likeness (QED) is 0.559. The van der Waals surface area contributed by atoms with E-state index in [1.165, 1.54) is 22.3 Å². The van der Waals surface area contributed by atoms with Crippen LogP contribution in [0.1, 0.15) is 98.4 Å². The van der Waals surface area contributed by atoms with Gasteiger partial charge in [0, 0.05) is 0 Å². The SMILES string of the molecule is [B]C(C)(C)c1cc(C(C)(C)C)cc(C(C)(C)C)c1C(C)(C)C. The second-order valence-corrected chi connectivity index (χ2v) is 10.4. The van der Waals surface area contributed by atoms with Crippen molar-refractivity contribution in [3.05, 3.63) is 34.4 Å². The van der Waals surface area contributed by atoms with Crippen molar-refractivity contribution in [2.24, 2.45) is 0 Å². The minimum absolute atomic E-state index is 0.0744. The number of hydrogen-bond donors (Lipinski definition) is 0. The van der Waals surface area contributed by atoms with Gasteiger partial charge in [-0.3, -0.25) is 0 Å². The Kier molecular flexibility index (Phi) is 4.77. The average molecular weight is 298 g/mol. The molecule has 0 aliphatic carbocycles. The highest BCUT2D eigenvalue weighted by Gasteiger charge is 2.33. The zero-order chi connectivity index (χ0) is 17.7. The molecular weight excluding hydrogens is 263 g/mol. The van der Waals surface area contributed by atoms with Gasteiger partial charge in [-0.1, -0.05) is 88.3 Å². The van der Waals surface area contributed by atoms with Gasteiger partial charge >= 0.3 is 0 Å². The minimum Gasteiger partial charge on any atom is -0.0639 e. The van der Waals surface area contributed by atoms with Crippen LogP contribution in [0.4, 0.5) is 0 Å². The molecule has 122 valence electrons. The van der Waals surface area contributed by atoms with Crippen LogP contribution in [0.5, 0.6) is 0 Å². The second kappa shape index (κ2) is 5.43. The Morgan fingerprint density at radius 1 is 0.591 bits per heavy atom. The molecule has 0 fully saturated rings. The normalized spacial score (nSPS) is 14.3. The molecule has 2 radical (unpaired) electrons. The van der Waals surface area contributed by atoms with E-state index in [1.807, 2.05) is 0 Å². The first-order chi connectivity index (χ1) is 9.45. The van der Waals surface area contributed by atoms with Crippen LogP contribution in [0.15, 0.2) is 12.1 Å². The highest BCUT2D eigenvalue weighted by molar-refractivity contribution is 6.15. The summed E-state index contributed by atoms with van der Waals surface area (Å²) in [6.45, 7) is 24.9. The lowest BCUT2D eigenvalue weighted by Crippen LogP contribution is -2.31. The molecule has 0 atom stereocenters. The molecule has 0 aliphatic rings. The Labute approximate surface area is 140 Å². The second-order valence-electron chi connectivity index (χ2n) is 10.4. The molecule has 1 rings (SSSR count). The van der Waals surface area contributed by atoms with E-state index < -0.39 is 0 Å². The fourth-order valence-corrected chi connectivity index (χ4v) is 2.98. The minimum atomic E-state index is -0.343. The molecule has 0 nitrogen and oxygen atoms in total. The van der Waals surface area contributed by atoms with Crippen LogP contribution in [0.3, 0.4) is 0 Å². The van der Waals surface area contributed by atoms with Crippen LogP contribution in [0.25, 0.3) is 0 Å². The van der Waals surface area contributed by atoms with E-state index in [0.717, 1.165) is 0 Å². The molecule has 0 bridgehead atoms. The standard InChI is InChI=1S/C21H35B/c1-18(2,3)14-12-15(19(4,5)6)17(20(7,8)9)16(13-14)21(10,11)22/h12-13H,1-11H3. The average Bonchev–Trinajstić information content (AvgIpc) is 2.22. The van der Waals surface area contributed by atoms with Crippen LogP contribution in [-0.4, -0.2) is 7.85 Å². The fourth-order valence-electron chi connectivity index (χ4n) is 2.98. The van der Waals surface area contributed by atoms with Crippen molar-refractivity contribution in [2.75, 3.05) is 0 Å². The van der Waals surface area contributed by atoms with Crippen molar-refractivity contribution in [2.45, 2.75) is 97.7 Å². The predicted molar refractivity (Wildman–Crippen MR) is 101 cm³/mol. The van der Waals surface area contributed by atoms with Gasteiger partial charge in [0.05, 0.1) is 7.85 Å². The summed E-state index contributed by atoms with van der Waals surface area (Å²) >= 11 is 0. The molecule has 22 heavy (non-hydrogen) atoms. The lowest BCUT2D eigenvalue weighted by molar-refractivity contribution is 0.510. The lowest BCUT2D eigenvalue weighted by Gasteiger charge is -2.38. The van der Waals surface area contributed by atoms with Crippen molar-refractivity contribution >= 4 is 7.85 Å². The summed E-state index contributed by atoms with van der Waals surface area (Å²) in [5.74, 6) is 0. The predicted octanol–water partition coefficient (Wildman–Crippen LogP) is 5.98. The molecule has 0 aliphatic heterocycles. The smallest absolute Gasteiger partial charge is 0.0639 e. The maximum Gasteiger partial charge on any atom is 0.0803 e. The Bertz CT molecular complexity index is 502. The van der Waals surface area contributed by atoms with Gasteiger partial charge in [0.15, 0.2) is 0 Å². The number of benzene rings is 1. The topological polar surface area (TPSA) is 0 Å². The third-order valence-corrected chi connectivity index (χ3v) is 4.26. The van der Waals surface area contributed by atoms with E-state index in [-0.39, 0.29) is 21.6 Å². The molecular formula is C21H35B. The van der Waals surface area contributed by atoms with Gasteiger partial charge in [-0.2, -0.15) is 0 Å². The molecule has 0 saturated carbocycles. The van der Waals surface area contributed by atoms with Crippen LogP contribution in [0, 0.1) is 0 Å². The molecule has 1 aromatic rings. The maximum atomic E-state index is 6.58. The maximum absolute atomic E-state index is 6.58. The number of rotatable bonds is 1. The van der Waals surface area contributed by atoms with E-state index in [1.54, 1.807) is 0 Å². The van der Waals surface area contributed by atoms with E-state index in [9.17, 15) is 0 Å². The molecule has 1 aromatic carbocycles. The van der Waals surface area contributed by atoms with Gasteiger partial charge in [0.1, 0.15) is 0 Å².